The van der Waals surface area contributed by atoms with Crippen molar-refractivity contribution < 1.29 is 19.5 Å². The van der Waals surface area contributed by atoms with E-state index in [-0.39, 0.29) is 18.5 Å². The molecule has 1 heterocycles. The Morgan fingerprint density at radius 2 is 1.77 bits per heavy atom. The third-order valence-corrected chi connectivity index (χ3v) is 4.42. The quantitative estimate of drug-likeness (QED) is 0.718. The molecule has 22 heavy (non-hydrogen) atoms. The molecular formula is C15H25N3O4. The Morgan fingerprint density at radius 1 is 1.05 bits per heavy atom. The molecule has 1 unspecified atom stereocenters. The van der Waals surface area contributed by atoms with Gasteiger partial charge in [0.15, 0.2) is 0 Å². The molecular weight excluding hydrogens is 286 g/mol. The molecule has 0 aromatic heterocycles. The topological polar surface area (TPSA) is 98.7 Å². The summed E-state index contributed by atoms with van der Waals surface area (Å²) in [5.74, 6) is -1.61. The molecule has 7 nitrogen and oxygen atoms in total. The highest BCUT2D eigenvalue weighted by Crippen LogP contribution is 2.17. The van der Waals surface area contributed by atoms with Crippen LogP contribution in [0, 0.1) is 5.92 Å². The zero-order valence-corrected chi connectivity index (χ0v) is 12.8. The van der Waals surface area contributed by atoms with E-state index in [0.717, 1.165) is 32.1 Å². The van der Waals surface area contributed by atoms with Crippen LogP contribution in [0.1, 0.15) is 44.9 Å². The molecule has 2 aliphatic rings. The van der Waals surface area contributed by atoms with Gasteiger partial charge >= 0.3 is 12.0 Å². The molecule has 0 aromatic carbocycles. The number of piperidine rings is 1. The summed E-state index contributed by atoms with van der Waals surface area (Å²) in [5, 5.41) is 14.2. The first kappa shape index (κ1) is 16.7. The standard InChI is InChI=1S/C15H25N3O4/c19-13(10-18-8-4-5-11(9-18)14(20)21)17-15(22)16-12-6-2-1-3-7-12/h11-12H,1-10H2,(H,20,21)(H2,16,17,19,22). The van der Waals surface area contributed by atoms with Gasteiger partial charge in [-0.15, -0.1) is 0 Å². The van der Waals surface area contributed by atoms with Crippen molar-refractivity contribution in [2.24, 2.45) is 5.92 Å². The van der Waals surface area contributed by atoms with Crippen LogP contribution in [0.15, 0.2) is 0 Å². The lowest BCUT2D eigenvalue weighted by molar-refractivity contribution is -0.144. The highest BCUT2D eigenvalue weighted by Gasteiger charge is 2.26. The van der Waals surface area contributed by atoms with Crippen LogP contribution < -0.4 is 10.6 Å². The third kappa shape index (κ3) is 5.29. The summed E-state index contributed by atoms with van der Waals surface area (Å²) in [4.78, 5) is 36.4. The van der Waals surface area contributed by atoms with Gasteiger partial charge < -0.3 is 10.4 Å². The van der Waals surface area contributed by atoms with Crippen LogP contribution >= 0.6 is 0 Å². The number of imide groups is 1. The van der Waals surface area contributed by atoms with Gasteiger partial charge in [-0.2, -0.15) is 0 Å². The highest BCUT2D eigenvalue weighted by atomic mass is 16.4. The molecule has 2 rings (SSSR count). The second-order valence-electron chi connectivity index (χ2n) is 6.27. The first-order valence-electron chi connectivity index (χ1n) is 8.10. The maximum absolute atomic E-state index is 11.9. The first-order valence-corrected chi connectivity index (χ1v) is 8.10. The molecule has 3 N–H and O–H groups in total. The van der Waals surface area contributed by atoms with Crippen LogP contribution in [-0.4, -0.2) is 53.6 Å². The molecule has 3 amide bonds. The van der Waals surface area contributed by atoms with Gasteiger partial charge in [0, 0.05) is 12.6 Å². The van der Waals surface area contributed by atoms with Gasteiger partial charge in [0.05, 0.1) is 12.5 Å². The zero-order chi connectivity index (χ0) is 15.9. The number of hydrogen-bond acceptors (Lipinski definition) is 4. The molecule has 0 aromatic rings. The molecule has 1 aliphatic carbocycles. The minimum atomic E-state index is -0.819. The molecule has 1 aliphatic heterocycles. The third-order valence-electron chi connectivity index (χ3n) is 4.42. The molecule has 2 fully saturated rings. The fourth-order valence-electron chi connectivity index (χ4n) is 3.24. The Labute approximate surface area is 130 Å². The van der Waals surface area contributed by atoms with Gasteiger partial charge in [-0.25, -0.2) is 4.79 Å². The second-order valence-corrected chi connectivity index (χ2v) is 6.27. The Hall–Kier alpha value is -1.63. The molecule has 0 spiro atoms. The van der Waals surface area contributed by atoms with E-state index in [0.29, 0.717) is 19.5 Å². The summed E-state index contributed by atoms with van der Waals surface area (Å²) in [5.41, 5.74) is 0. The average Bonchev–Trinajstić information content (AvgIpc) is 2.48. The summed E-state index contributed by atoms with van der Waals surface area (Å²) in [7, 11) is 0. The van der Waals surface area contributed by atoms with Crippen LogP contribution in [0.5, 0.6) is 0 Å². The summed E-state index contributed by atoms with van der Waals surface area (Å²) < 4.78 is 0. The van der Waals surface area contributed by atoms with E-state index in [2.05, 4.69) is 10.6 Å². The van der Waals surface area contributed by atoms with Crippen molar-refractivity contribution in [2.45, 2.75) is 51.0 Å². The number of carboxylic acids is 1. The Kier molecular flexibility index (Phi) is 6.18. The Morgan fingerprint density at radius 3 is 2.45 bits per heavy atom. The van der Waals surface area contributed by atoms with Crippen molar-refractivity contribution in [1.82, 2.24) is 15.5 Å². The van der Waals surface area contributed by atoms with Gasteiger partial charge in [-0.05, 0) is 32.2 Å². The number of amides is 3. The normalized spacial score (nSPS) is 23.7. The van der Waals surface area contributed by atoms with E-state index < -0.39 is 17.9 Å². The van der Waals surface area contributed by atoms with Crippen LogP contribution in [0.4, 0.5) is 4.79 Å². The Bertz CT molecular complexity index is 421. The number of rotatable bonds is 4. The molecule has 7 heteroatoms. The Balaban J connectivity index is 1.70. The second kappa shape index (κ2) is 8.12. The number of urea groups is 1. The average molecular weight is 311 g/mol. The van der Waals surface area contributed by atoms with Crippen LogP contribution in [0.3, 0.4) is 0 Å². The van der Waals surface area contributed by atoms with E-state index in [1.165, 1.54) is 6.42 Å². The van der Waals surface area contributed by atoms with E-state index in [9.17, 15) is 14.4 Å². The molecule has 0 bridgehead atoms. The minimum absolute atomic E-state index is 0.0713. The molecule has 0 radical (unpaired) electrons. The number of carbonyl (C=O) groups is 3. The first-order chi connectivity index (χ1) is 10.5. The summed E-state index contributed by atoms with van der Waals surface area (Å²) in [6.45, 7) is 1.14. The number of likely N-dealkylation sites (tertiary alicyclic amines) is 1. The largest absolute Gasteiger partial charge is 0.481 e. The number of carboxylic acid groups (broad SMARTS) is 1. The summed E-state index contributed by atoms with van der Waals surface area (Å²) in [6, 6.07) is -0.281. The summed E-state index contributed by atoms with van der Waals surface area (Å²) >= 11 is 0. The van der Waals surface area contributed by atoms with E-state index in [1.807, 2.05) is 0 Å². The number of carbonyl (C=O) groups excluding carboxylic acids is 2. The van der Waals surface area contributed by atoms with E-state index in [4.69, 9.17) is 5.11 Å². The van der Waals surface area contributed by atoms with Crippen molar-refractivity contribution in [1.29, 1.82) is 0 Å². The highest BCUT2D eigenvalue weighted by molar-refractivity contribution is 5.95. The maximum Gasteiger partial charge on any atom is 0.321 e. The van der Waals surface area contributed by atoms with Gasteiger partial charge in [-0.1, -0.05) is 19.3 Å². The van der Waals surface area contributed by atoms with Gasteiger partial charge in [0.25, 0.3) is 0 Å². The lowest BCUT2D eigenvalue weighted by atomic mass is 9.96. The molecule has 124 valence electrons. The predicted octanol–water partition coefficient (Wildman–Crippen LogP) is 0.942. The lowest BCUT2D eigenvalue weighted by Gasteiger charge is -2.30. The minimum Gasteiger partial charge on any atom is -0.481 e. The zero-order valence-electron chi connectivity index (χ0n) is 12.8. The maximum atomic E-state index is 11.9. The van der Waals surface area contributed by atoms with Crippen molar-refractivity contribution in [2.75, 3.05) is 19.6 Å². The van der Waals surface area contributed by atoms with Gasteiger partial charge in [0.2, 0.25) is 5.91 Å². The summed E-state index contributed by atoms with van der Waals surface area (Å²) in [6.07, 6.45) is 6.78. The van der Waals surface area contributed by atoms with Crippen molar-refractivity contribution in [3.8, 4) is 0 Å². The lowest BCUT2D eigenvalue weighted by Crippen LogP contribution is -2.49. The van der Waals surface area contributed by atoms with Crippen LogP contribution in [0.25, 0.3) is 0 Å². The predicted molar refractivity (Wildman–Crippen MR) is 80.3 cm³/mol. The molecule has 1 saturated heterocycles. The van der Waals surface area contributed by atoms with Crippen LogP contribution in [-0.2, 0) is 9.59 Å². The van der Waals surface area contributed by atoms with Crippen molar-refractivity contribution in [3.05, 3.63) is 0 Å². The fourth-order valence-corrected chi connectivity index (χ4v) is 3.24. The number of nitrogens with one attached hydrogen (secondary N) is 2. The smallest absolute Gasteiger partial charge is 0.321 e. The van der Waals surface area contributed by atoms with Gasteiger partial charge in [-0.3, -0.25) is 19.8 Å². The van der Waals surface area contributed by atoms with Crippen molar-refractivity contribution in [3.63, 3.8) is 0 Å². The monoisotopic (exact) mass is 311 g/mol. The number of nitrogens with zero attached hydrogens (tertiary/aromatic N) is 1. The van der Waals surface area contributed by atoms with Crippen molar-refractivity contribution >= 4 is 17.9 Å². The molecule has 1 atom stereocenters. The SMILES string of the molecule is O=C(CN1CCCC(C(=O)O)C1)NC(=O)NC1CCCCC1. The van der Waals surface area contributed by atoms with Gasteiger partial charge in [0.1, 0.15) is 0 Å². The van der Waals surface area contributed by atoms with E-state index in [1.54, 1.807) is 4.90 Å². The van der Waals surface area contributed by atoms with E-state index >= 15 is 0 Å². The van der Waals surface area contributed by atoms with Crippen LogP contribution in [0.2, 0.25) is 0 Å². The number of aliphatic carboxylic acids is 1. The number of hydrogen-bond donors (Lipinski definition) is 3. The molecule has 1 saturated carbocycles. The fraction of sp³-hybridized carbons (Fsp3) is 0.800.